The fourth-order valence-corrected chi connectivity index (χ4v) is 8.26. The molecule has 3 rings (SSSR count). The first-order chi connectivity index (χ1) is 13.7. The van der Waals surface area contributed by atoms with Crippen LogP contribution in [0.2, 0.25) is 0 Å². The fourth-order valence-electron chi connectivity index (χ4n) is 3.66. The number of hydrogen-bond donors (Lipinski definition) is 0. The molecule has 0 unspecified atom stereocenters. The average Bonchev–Trinajstić information content (AvgIpc) is 2.76. The van der Waals surface area contributed by atoms with Gasteiger partial charge in [-0.05, 0) is 0 Å². The van der Waals surface area contributed by atoms with Gasteiger partial charge in [-0.3, -0.25) is 0 Å². The van der Waals surface area contributed by atoms with Crippen molar-refractivity contribution in [1.29, 1.82) is 0 Å². The van der Waals surface area contributed by atoms with Crippen molar-refractivity contribution in [1.82, 2.24) is 0 Å². The Bertz CT molecular complexity index is 822. The first kappa shape index (κ1) is 20.0. The monoisotopic (exact) mass is 390 g/mol. The van der Waals surface area contributed by atoms with Crippen molar-refractivity contribution in [2.24, 2.45) is 0 Å². The maximum absolute atomic E-state index is 12.2. The second kappa shape index (κ2) is 9.48. The summed E-state index contributed by atoms with van der Waals surface area (Å²) in [5.41, 5.74) is 0.668. The van der Waals surface area contributed by atoms with Crippen LogP contribution in [0.1, 0.15) is 13.8 Å². The summed E-state index contributed by atoms with van der Waals surface area (Å²) in [5.74, 6) is -0.236. The molecule has 0 spiro atoms. The van der Waals surface area contributed by atoms with Crippen molar-refractivity contribution >= 4 is 29.1 Å². The second-order valence-electron chi connectivity index (χ2n) is 6.82. The fraction of sp³-hybridized carbons (Fsp3) is 0.160. The molecule has 144 valence electrons. The molecular weight excluding hydrogens is 363 g/mol. The van der Waals surface area contributed by atoms with Crippen LogP contribution in [-0.2, 0) is 9.53 Å². The van der Waals surface area contributed by atoms with Crippen LogP contribution in [0.5, 0.6) is 0 Å². The number of hydrogen-bond acceptors (Lipinski definition) is 2. The van der Waals surface area contributed by atoms with Gasteiger partial charge in [0.05, 0.1) is 0 Å². The molecule has 0 radical (unpaired) electrons. The summed E-state index contributed by atoms with van der Waals surface area (Å²) in [6, 6.07) is 32.1. The summed E-state index contributed by atoms with van der Waals surface area (Å²) in [5, 5.41) is 4.00. The Hall–Kier alpha value is -2.70. The Labute approximate surface area is 168 Å². The summed E-state index contributed by atoms with van der Waals surface area (Å²) >= 11 is 0. The molecule has 0 atom stereocenters. The van der Waals surface area contributed by atoms with E-state index in [1.807, 2.05) is 13.8 Å². The van der Waals surface area contributed by atoms with Crippen molar-refractivity contribution in [3.8, 4) is 0 Å². The van der Waals surface area contributed by atoms with Crippen LogP contribution >= 0.6 is 7.26 Å². The van der Waals surface area contributed by atoms with Gasteiger partial charge in [0.2, 0.25) is 0 Å². The molecule has 3 aromatic carbocycles. The van der Waals surface area contributed by atoms with E-state index in [1.165, 1.54) is 15.9 Å². The number of rotatable bonds is 7. The van der Waals surface area contributed by atoms with Crippen molar-refractivity contribution < 1.29 is 9.53 Å². The zero-order valence-corrected chi connectivity index (χ0v) is 17.5. The molecule has 3 heteroatoms. The van der Waals surface area contributed by atoms with E-state index in [9.17, 15) is 4.79 Å². The van der Waals surface area contributed by atoms with Gasteiger partial charge in [0, 0.05) is 0 Å². The molecule has 0 saturated carbocycles. The first-order valence-electron chi connectivity index (χ1n) is 9.69. The van der Waals surface area contributed by atoms with Crippen molar-refractivity contribution in [2.45, 2.75) is 13.8 Å². The number of esters is 1. The molecule has 0 aromatic heterocycles. The van der Waals surface area contributed by atoms with Gasteiger partial charge >= 0.3 is 168 Å². The Kier molecular flexibility index (Phi) is 6.79. The van der Waals surface area contributed by atoms with E-state index >= 15 is 0 Å². The van der Waals surface area contributed by atoms with Gasteiger partial charge in [-0.15, -0.1) is 0 Å². The van der Waals surface area contributed by atoms with E-state index in [-0.39, 0.29) is 5.97 Å². The van der Waals surface area contributed by atoms with E-state index in [0.29, 0.717) is 12.2 Å². The Balaban J connectivity index is 2.20. The van der Waals surface area contributed by atoms with Gasteiger partial charge in [0.25, 0.3) is 0 Å². The molecule has 0 saturated heterocycles. The SMILES string of the molecule is CCOC(=O)C(C)=CC[PH](c1ccccc1)(c1ccccc1)c1ccccc1. The average molecular weight is 390 g/mol. The topological polar surface area (TPSA) is 26.3 Å². The van der Waals surface area contributed by atoms with Crippen LogP contribution in [0.4, 0.5) is 0 Å². The number of ether oxygens (including phenoxy) is 1. The Morgan fingerprint density at radius 2 is 1.18 bits per heavy atom. The quantitative estimate of drug-likeness (QED) is 0.343. The molecule has 3 aromatic rings. The van der Waals surface area contributed by atoms with Gasteiger partial charge < -0.3 is 0 Å². The molecule has 0 heterocycles. The predicted octanol–water partition coefficient (Wildman–Crippen LogP) is 4.22. The van der Waals surface area contributed by atoms with E-state index in [4.69, 9.17) is 4.74 Å². The van der Waals surface area contributed by atoms with Crippen LogP contribution in [0.15, 0.2) is 103 Å². The molecule has 0 amide bonds. The van der Waals surface area contributed by atoms with E-state index < -0.39 is 7.26 Å². The van der Waals surface area contributed by atoms with Crippen LogP contribution < -0.4 is 15.9 Å². The summed E-state index contributed by atoms with van der Waals surface area (Å²) < 4.78 is 5.19. The molecular formula is C25H27O2P. The maximum atomic E-state index is 12.2. The third kappa shape index (κ3) is 4.24. The summed E-state index contributed by atoms with van der Waals surface area (Å²) in [4.78, 5) is 12.2. The third-order valence-electron chi connectivity index (χ3n) is 5.11. The molecule has 0 N–H and O–H groups in total. The summed E-state index contributed by atoms with van der Waals surface area (Å²) in [6.45, 7) is 4.07. The Morgan fingerprint density at radius 3 is 1.54 bits per heavy atom. The van der Waals surface area contributed by atoms with Crippen LogP contribution in [-0.4, -0.2) is 18.7 Å². The number of carbonyl (C=O) groups is 1. The normalized spacial score (nSPS) is 12.4. The van der Waals surface area contributed by atoms with Crippen LogP contribution in [0.3, 0.4) is 0 Å². The van der Waals surface area contributed by atoms with Crippen LogP contribution in [0, 0.1) is 0 Å². The molecule has 28 heavy (non-hydrogen) atoms. The van der Waals surface area contributed by atoms with Gasteiger partial charge in [0.15, 0.2) is 0 Å². The van der Waals surface area contributed by atoms with Crippen LogP contribution in [0.25, 0.3) is 0 Å². The van der Waals surface area contributed by atoms with E-state index in [0.717, 1.165) is 6.16 Å². The van der Waals surface area contributed by atoms with Gasteiger partial charge in [-0.25, -0.2) is 0 Å². The molecule has 0 aliphatic rings. The number of carbonyl (C=O) groups excluding carboxylic acids is 1. The number of allylic oxidation sites excluding steroid dienone is 1. The van der Waals surface area contributed by atoms with Crippen molar-refractivity contribution in [2.75, 3.05) is 12.8 Å². The third-order valence-corrected chi connectivity index (χ3v) is 9.88. The summed E-state index contributed by atoms with van der Waals surface area (Å²) in [6.07, 6.45) is 2.87. The van der Waals surface area contributed by atoms with Gasteiger partial charge in [-0.1, -0.05) is 0 Å². The second-order valence-corrected chi connectivity index (χ2v) is 10.8. The minimum absolute atomic E-state index is 0.236. The molecule has 0 aliphatic heterocycles. The van der Waals surface area contributed by atoms with E-state index in [2.05, 4.69) is 97.1 Å². The predicted molar refractivity (Wildman–Crippen MR) is 122 cm³/mol. The molecule has 2 nitrogen and oxygen atoms in total. The van der Waals surface area contributed by atoms with Crippen molar-refractivity contribution in [3.63, 3.8) is 0 Å². The first-order valence-corrected chi connectivity index (χ1v) is 11.9. The van der Waals surface area contributed by atoms with Crippen molar-refractivity contribution in [3.05, 3.63) is 103 Å². The van der Waals surface area contributed by atoms with E-state index in [1.54, 1.807) is 0 Å². The number of benzene rings is 3. The minimum atomic E-state index is -2.34. The molecule has 0 aliphatic carbocycles. The Morgan fingerprint density at radius 1 is 0.786 bits per heavy atom. The zero-order valence-electron chi connectivity index (χ0n) is 16.5. The van der Waals surface area contributed by atoms with Gasteiger partial charge in [-0.2, -0.15) is 0 Å². The molecule has 0 bridgehead atoms. The van der Waals surface area contributed by atoms with Gasteiger partial charge in [0.1, 0.15) is 0 Å². The standard InChI is InChI=1S/C25H27O2P/c1-3-27-25(26)21(2)19-20-28(22-13-7-4-8-14-22,23-15-9-5-10-16-23)24-17-11-6-12-18-24/h4-19,28H,3,20H2,1-2H3. The molecule has 0 fully saturated rings. The summed E-state index contributed by atoms with van der Waals surface area (Å²) in [7, 11) is -2.34. The zero-order chi connectivity index (χ0) is 19.8.